The molecule has 3 rings (SSSR count). The monoisotopic (exact) mass is 185 g/mol. The molecule has 0 fully saturated rings. The molecule has 0 aromatic heterocycles. The Balaban J connectivity index is 2.30. The van der Waals surface area contributed by atoms with Crippen molar-refractivity contribution in [1.82, 2.24) is 5.32 Å². The summed E-state index contributed by atoms with van der Waals surface area (Å²) in [5, 5.41) is 3.29. The van der Waals surface area contributed by atoms with Gasteiger partial charge in [0.2, 0.25) is 0 Å². The molecule has 1 atom stereocenters. The third-order valence-electron chi connectivity index (χ3n) is 3.15. The van der Waals surface area contributed by atoms with Crippen molar-refractivity contribution in [1.29, 1.82) is 0 Å². The molecule has 0 aromatic rings. The zero-order valence-electron chi connectivity index (χ0n) is 8.20. The number of allylic oxidation sites excluding steroid dienone is 2. The maximum Gasteiger partial charge on any atom is 0.166 e. The fourth-order valence-corrected chi connectivity index (χ4v) is 2.24. The standard InChI is InChI=1S/C11H11N3/c1-7-8(2)14-10-11(7)9(3-5-12-10)4-6-13-11/h3-6H,1-2H3,(H,12,14). The van der Waals surface area contributed by atoms with Crippen LogP contribution < -0.4 is 5.32 Å². The van der Waals surface area contributed by atoms with Gasteiger partial charge in [-0.2, -0.15) is 0 Å². The van der Waals surface area contributed by atoms with E-state index in [2.05, 4.69) is 35.2 Å². The molecule has 70 valence electrons. The molecule has 14 heavy (non-hydrogen) atoms. The molecule has 0 bridgehead atoms. The van der Waals surface area contributed by atoms with E-state index in [4.69, 9.17) is 0 Å². The topological polar surface area (TPSA) is 36.8 Å². The highest BCUT2D eigenvalue weighted by molar-refractivity contribution is 6.08. The first-order chi connectivity index (χ1) is 6.75. The molecule has 0 saturated heterocycles. The van der Waals surface area contributed by atoms with E-state index in [1.165, 1.54) is 11.1 Å². The highest BCUT2D eigenvalue weighted by atomic mass is 15.1. The molecule has 3 heteroatoms. The van der Waals surface area contributed by atoms with Gasteiger partial charge in [0.15, 0.2) is 5.54 Å². The van der Waals surface area contributed by atoms with E-state index in [1.807, 2.05) is 18.5 Å². The smallest absolute Gasteiger partial charge is 0.166 e. The minimum absolute atomic E-state index is 0.307. The van der Waals surface area contributed by atoms with Gasteiger partial charge in [0, 0.05) is 18.1 Å². The van der Waals surface area contributed by atoms with Gasteiger partial charge in [0.05, 0.1) is 0 Å². The summed E-state index contributed by atoms with van der Waals surface area (Å²) in [6.07, 6.45) is 7.77. The first kappa shape index (κ1) is 7.74. The second-order valence-electron chi connectivity index (χ2n) is 3.78. The molecule has 1 unspecified atom stereocenters. The van der Waals surface area contributed by atoms with Crippen molar-refractivity contribution in [3.05, 3.63) is 35.2 Å². The van der Waals surface area contributed by atoms with E-state index in [1.54, 1.807) is 0 Å². The second-order valence-corrected chi connectivity index (χ2v) is 3.78. The van der Waals surface area contributed by atoms with Gasteiger partial charge < -0.3 is 5.32 Å². The van der Waals surface area contributed by atoms with Gasteiger partial charge in [-0.1, -0.05) is 0 Å². The van der Waals surface area contributed by atoms with Gasteiger partial charge in [-0.15, -0.1) is 0 Å². The molecule has 0 saturated carbocycles. The van der Waals surface area contributed by atoms with E-state index in [9.17, 15) is 0 Å². The molecule has 3 aliphatic rings. The van der Waals surface area contributed by atoms with Crippen LogP contribution in [0, 0.1) is 0 Å². The fraction of sp³-hybridized carbons (Fsp3) is 0.273. The molecular weight excluding hydrogens is 174 g/mol. The molecule has 0 amide bonds. The van der Waals surface area contributed by atoms with Crippen molar-refractivity contribution in [2.45, 2.75) is 19.4 Å². The molecule has 1 N–H and O–H groups in total. The number of nitrogens with one attached hydrogen (secondary N) is 1. The van der Waals surface area contributed by atoms with Gasteiger partial charge in [-0.05, 0) is 37.1 Å². The van der Waals surface area contributed by atoms with Crippen molar-refractivity contribution < 1.29 is 0 Å². The lowest BCUT2D eigenvalue weighted by molar-refractivity contribution is 0.800. The molecule has 3 aliphatic heterocycles. The Morgan fingerprint density at radius 1 is 1.36 bits per heavy atom. The number of amidine groups is 1. The summed E-state index contributed by atoms with van der Waals surface area (Å²) in [4.78, 5) is 8.92. The highest BCUT2D eigenvalue weighted by Gasteiger charge is 2.47. The Kier molecular flexibility index (Phi) is 1.23. The first-order valence-electron chi connectivity index (χ1n) is 4.71. The minimum Gasteiger partial charge on any atom is -0.345 e. The summed E-state index contributed by atoms with van der Waals surface area (Å²) in [5.41, 5.74) is 3.32. The predicted octanol–water partition coefficient (Wildman–Crippen LogP) is 1.56. The van der Waals surface area contributed by atoms with Crippen LogP contribution in [-0.4, -0.2) is 17.6 Å². The van der Waals surface area contributed by atoms with Crippen LogP contribution in [0.5, 0.6) is 0 Å². The Morgan fingerprint density at radius 2 is 2.21 bits per heavy atom. The number of hydrogen-bond acceptors (Lipinski definition) is 3. The van der Waals surface area contributed by atoms with Crippen molar-refractivity contribution >= 4 is 12.1 Å². The van der Waals surface area contributed by atoms with E-state index in [0.29, 0.717) is 0 Å². The highest BCUT2D eigenvalue weighted by Crippen LogP contribution is 2.41. The van der Waals surface area contributed by atoms with Gasteiger partial charge in [-0.25, -0.2) is 4.99 Å². The molecule has 3 heterocycles. The van der Waals surface area contributed by atoms with E-state index in [-0.39, 0.29) is 5.54 Å². The van der Waals surface area contributed by atoms with Crippen LogP contribution in [-0.2, 0) is 0 Å². The Labute approximate surface area is 82.6 Å². The first-order valence-corrected chi connectivity index (χ1v) is 4.71. The molecule has 0 aromatic carbocycles. The summed E-state index contributed by atoms with van der Waals surface area (Å²) in [6.45, 7) is 4.18. The van der Waals surface area contributed by atoms with Crippen molar-refractivity contribution in [2.24, 2.45) is 9.98 Å². The zero-order chi connectivity index (χ0) is 9.76. The van der Waals surface area contributed by atoms with Crippen LogP contribution in [0.1, 0.15) is 13.8 Å². The van der Waals surface area contributed by atoms with Crippen LogP contribution >= 0.6 is 0 Å². The van der Waals surface area contributed by atoms with Crippen LogP contribution in [0.3, 0.4) is 0 Å². The summed E-state index contributed by atoms with van der Waals surface area (Å²) in [5.74, 6) is 0.940. The molecule has 1 spiro atoms. The van der Waals surface area contributed by atoms with Crippen LogP contribution in [0.4, 0.5) is 0 Å². The third-order valence-corrected chi connectivity index (χ3v) is 3.15. The fourth-order valence-electron chi connectivity index (χ4n) is 2.24. The van der Waals surface area contributed by atoms with E-state index in [0.717, 1.165) is 11.5 Å². The Bertz CT molecular complexity index is 463. The third kappa shape index (κ3) is 0.650. The number of nitrogens with zero attached hydrogens (tertiary/aromatic N) is 2. The zero-order valence-corrected chi connectivity index (χ0v) is 8.20. The summed E-state index contributed by atoms with van der Waals surface area (Å²) in [7, 11) is 0. The average Bonchev–Trinajstić information content (AvgIpc) is 2.70. The molecule has 0 aliphatic carbocycles. The molecular formula is C11H11N3. The Morgan fingerprint density at radius 3 is 3.07 bits per heavy atom. The minimum atomic E-state index is -0.307. The lowest BCUT2D eigenvalue weighted by Crippen LogP contribution is -2.40. The normalized spacial score (nSPS) is 32.4. The number of aliphatic imine (C=N–C) groups is 2. The maximum absolute atomic E-state index is 4.56. The van der Waals surface area contributed by atoms with Crippen LogP contribution in [0.15, 0.2) is 45.2 Å². The second kappa shape index (κ2) is 2.23. The van der Waals surface area contributed by atoms with Crippen molar-refractivity contribution in [2.75, 3.05) is 0 Å². The summed E-state index contributed by atoms with van der Waals surface area (Å²) in [6, 6.07) is 0. The predicted molar refractivity (Wildman–Crippen MR) is 57.4 cm³/mol. The van der Waals surface area contributed by atoms with E-state index >= 15 is 0 Å². The maximum atomic E-state index is 4.56. The number of rotatable bonds is 0. The lowest BCUT2D eigenvalue weighted by Gasteiger charge is -2.26. The summed E-state index contributed by atoms with van der Waals surface area (Å²) < 4.78 is 0. The van der Waals surface area contributed by atoms with Crippen LogP contribution in [0.2, 0.25) is 0 Å². The van der Waals surface area contributed by atoms with Crippen LogP contribution in [0.25, 0.3) is 0 Å². The quantitative estimate of drug-likeness (QED) is 0.611. The SMILES string of the molecule is CC1=C(C)C23N=CC=C2C=CN=C3N1. The van der Waals surface area contributed by atoms with E-state index < -0.39 is 0 Å². The van der Waals surface area contributed by atoms with Crippen molar-refractivity contribution in [3.63, 3.8) is 0 Å². The van der Waals surface area contributed by atoms with Gasteiger partial charge >= 0.3 is 0 Å². The van der Waals surface area contributed by atoms with Gasteiger partial charge in [-0.3, -0.25) is 4.99 Å². The molecule has 0 radical (unpaired) electrons. The lowest BCUT2D eigenvalue weighted by atomic mass is 9.84. The molecule has 3 nitrogen and oxygen atoms in total. The Hall–Kier alpha value is -1.64. The average molecular weight is 185 g/mol. The van der Waals surface area contributed by atoms with Gasteiger partial charge in [0.1, 0.15) is 5.84 Å². The van der Waals surface area contributed by atoms with Gasteiger partial charge in [0.25, 0.3) is 0 Å². The van der Waals surface area contributed by atoms with Crippen molar-refractivity contribution in [3.8, 4) is 0 Å². The largest absolute Gasteiger partial charge is 0.345 e. The summed E-state index contributed by atoms with van der Waals surface area (Å²) >= 11 is 0. The number of hydrogen-bond donors (Lipinski definition) is 1.